The summed E-state index contributed by atoms with van der Waals surface area (Å²) in [6, 6.07) is 0. The van der Waals surface area contributed by atoms with E-state index in [1.807, 2.05) is 13.2 Å². The number of hydrogen-bond acceptors (Lipinski definition) is 2. The summed E-state index contributed by atoms with van der Waals surface area (Å²) in [5, 5.41) is 4.27. The SMILES string of the molecule is Cn1cc2c(n1)CC1(CC1)C2=O. The molecule has 0 radical (unpaired) electrons. The zero-order valence-corrected chi connectivity index (χ0v) is 7.00. The Morgan fingerprint density at radius 3 is 2.92 bits per heavy atom. The first kappa shape index (κ1) is 6.40. The fraction of sp³-hybridized carbons (Fsp3) is 0.556. The Balaban J connectivity index is 2.16. The van der Waals surface area contributed by atoms with E-state index in [9.17, 15) is 4.79 Å². The maximum atomic E-state index is 11.7. The summed E-state index contributed by atoms with van der Waals surface area (Å²) in [6.45, 7) is 0. The molecule has 1 heterocycles. The quantitative estimate of drug-likeness (QED) is 0.569. The highest BCUT2D eigenvalue weighted by molar-refractivity contribution is 6.06. The molecule has 1 saturated carbocycles. The molecule has 0 aromatic carbocycles. The molecule has 1 spiro atoms. The molecule has 3 nitrogen and oxygen atoms in total. The minimum Gasteiger partial charge on any atom is -0.293 e. The number of hydrogen-bond donors (Lipinski definition) is 0. The summed E-state index contributed by atoms with van der Waals surface area (Å²) < 4.78 is 1.73. The van der Waals surface area contributed by atoms with Crippen LogP contribution in [0.3, 0.4) is 0 Å². The number of ketones is 1. The Bertz CT molecular complexity index is 374. The van der Waals surface area contributed by atoms with Gasteiger partial charge in [0.25, 0.3) is 0 Å². The molecule has 2 aliphatic rings. The number of carbonyl (C=O) groups is 1. The lowest BCUT2D eigenvalue weighted by Gasteiger charge is -2.00. The average Bonchev–Trinajstić information content (AvgIpc) is 2.64. The molecule has 1 fully saturated rings. The van der Waals surface area contributed by atoms with E-state index in [0.29, 0.717) is 5.78 Å². The second kappa shape index (κ2) is 1.63. The Hall–Kier alpha value is -1.12. The molecule has 62 valence electrons. The summed E-state index contributed by atoms with van der Waals surface area (Å²) in [7, 11) is 1.87. The number of carbonyl (C=O) groups excluding carboxylic acids is 1. The van der Waals surface area contributed by atoms with Crippen LogP contribution < -0.4 is 0 Å². The number of fused-ring (bicyclic) bond motifs is 1. The van der Waals surface area contributed by atoms with Gasteiger partial charge in [-0.2, -0.15) is 5.10 Å². The minimum atomic E-state index is 0.0198. The van der Waals surface area contributed by atoms with Gasteiger partial charge in [-0.1, -0.05) is 0 Å². The lowest BCUT2D eigenvalue weighted by atomic mass is 10.0. The monoisotopic (exact) mass is 162 g/mol. The van der Waals surface area contributed by atoms with E-state index in [1.165, 1.54) is 0 Å². The van der Waals surface area contributed by atoms with Crippen LogP contribution in [-0.2, 0) is 13.5 Å². The molecular weight excluding hydrogens is 152 g/mol. The zero-order valence-electron chi connectivity index (χ0n) is 7.00. The van der Waals surface area contributed by atoms with Gasteiger partial charge in [0.15, 0.2) is 5.78 Å². The highest BCUT2D eigenvalue weighted by Gasteiger charge is 2.55. The van der Waals surface area contributed by atoms with Crippen LogP contribution in [0.25, 0.3) is 0 Å². The van der Waals surface area contributed by atoms with Gasteiger partial charge in [0.1, 0.15) is 0 Å². The van der Waals surface area contributed by atoms with E-state index in [0.717, 1.165) is 30.5 Å². The van der Waals surface area contributed by atoms with Crippen molar-refractivity contribution in [1.29, 1.82) is 0 Å². The normalized spacial score (nSPS) is 23.2. The predicted octanol–water partition coefficient (Wildman–Crippen LogP) is 0.939. The molecule has 0 atom stereocenters. The maximum Gasteiger partial charge on any atom is 0.172 e. The molecule has 3 rings (SSSR count). The summed E-state index contributed by atoms with van der Waals surface area (Å²) in [6.07, 6.45) is 4.89. The molecule has 1 aromatic heterocycles. The molecular formula is C9H10N2O. The van der Waals surface area contributed by atoms with Crippen molar-refractivity contribution in [2.24, 2.45) is 12.5 Å². The second-order valence-electron chi connectivity index (χ2n) is 3.95. The third kappa shape index (κ3) is 0.578. The molecule has 0 amide bonds. The Morgan fingerprint density at radius 2 is 2.33 bits per heavy atom. The molecule has 1 aromatic rings. The van der Waals surface area contributed by atoms with E-state index in [2.05, 4.69) is 5.10 Å². The van der Waals surface area contributed by atoms with Gasteiger partial charge in [-0.15, -0.1) is 0 Å². The predicted molar refractivity (Wildman–Crippen MR) is 42.9 cm³/mol. The van der Waals surface area contributed by atoms with E-state index in [-0.39, 0.29) is 5.41 Å². The number of Topliss-reactive ketones (excluding diaryl/α,β-unsaturated/α-hetero) is 1. The molecule has 3 heteroatoms. The summed E-state index contributed by atoms with van der Waals surface area (Å²) in [4.78, 5) is 11.7. The van der Waals surface area contributed by atoms with Crippen LogP contribution in [0.15, 0.2) is 6.20 Å². The van der Waals surface area contributed by atoms with Gasteiger partial charge in [-0.05, 0) is 12.8 Å². The smallest absolute Gasteiger partial charge is 0.172 e. The van der Waals surface area contributed by atoms with Crippen LogP contribution >= 0.6 is 0 Å². The van der Waals surface area contributed by atoms with Crippen molar-refractivity contribution in [1.82, 2.24) is 9.78 Å². The lowest BCUT2D eigenvalue weighted by Crippen LogP contribution is -2.10. The van der Waals surface area contributed by atoms with Crippen LogP contribution in [0.5, 0.6) is 0 Å². The minimum absolute atomic E-state index is 0.0198. The molecule has 0 bridgehead atoms. The van der Waals surface area contributed by atoms with Crippen molar-refractivity contribution < 1.29 is 4.79 Å². The van der Waals surface area contributed by atoms with E-state index >= 15 is 0 Å². The van der Waals surface area contributed by atoms with Crippen LogP contribution in [0.4, 0.5) is 0 Å². The summed E-state index contributed by atoms with van der Waals surface area (Å²) in [5.74, 6) is 0.339. The summed E-state index contributed by atoms with van der Waals surface area (Å²) in [5.41, 5.74) is 1.90. The van der Waals surface area contributed by atoms with Crippen molar-refractivity contribution in [3.63, 3.8) is 0 Å². The van der Waals surface area contributed by atoms with Crippen molar-refractivity contribution in [3.8, 4) is 0 Å². The van der Waals surface area contributed by atoms with Crippen LogP contribution in [0.1, 0.15) is 28.9 Å². The first-order valence-electron chi connectivity index (χ1n) is 4.29. The van der Waals surface area contributed by atoms with Gasteiger partial charge >= 0.3 is 0 Å². The van der Waals surface area contributed by atoms with E-state index in [1.54, 1.807) is 4.68 Å². The van der Waals surface area contributed by atoms with Gasteiger partial charge in [0, 0.05) is 25.1 Å². The summed E-state index contributed by atoms with van der Waals surface area (Å²) >= 11 is 0. The lowest BCUT2D eigenvalue weighted by molar-refractivity contribution is 0.0918. The number of aromatic nitrogens is 2. The number of rotatable bonds is 0. The van der Waals surface area contributed by atoms with Gasteiger partial charge in [0.2, 0.25) is 0 Å². The topological polar surface area (TPSA) is 34.9 Å². The molecule has 0 aliphatic heterocycles. The maximum absolute atomic E-state index is 11.7. The Morgan fingerprint density at radius 1 is 1.58 bits per heavy atom. The van der Waals surface area contributed by atoms with Gasteiger partial charge in [0.05, 0.1) is 11.3 Å². The van der Waals surface area contributed by atoms with Crippen molar-refractivity contribution in [3.05, 3.63) is 17.5 Å². The Labute approximate surface area is 70.4 Å². The van der Waals surface area contributed by atoms with Crippen molar-refractivity contribution in [2.45, 2.75) is 19.3 Å². The first-order valence-corrected chi connectivity index (χ1v) is 4.29. The van der Waals surface area contributed by atoms with Gasteiger partial charge in [-0.25, -0.2) is 0 Å². The average molecular weight is 162 g/mol. The van der Waals surface area contributed by atoms with E-state index in [4.69, 9.17) is 0 Å². The zero-order chi connectivity index (χ0) is 8.34. The largest absolute Gasteiger partial charge is 0.293 e. The van der Waals surface area contributed by atoms with Crippen LogP contribution in [0, 0.1) is 5.41 Å². The van der Waals surface area contributed by atoms with Gasteiger partial charge in [-0.3, -0.25) is 9.48 Å². The highest BCUT2D eigenvalue weighted by Crippen LogP contribution is 2.54. The van der Waals surface area contributed by atoms with Crippen LogP contribution in [0.2, 0.25) is 0 Å². The fourth-order valence-corrected chi connectivity index (χ4v) is 2.10. The third-order valence-corrected chi connectivity index (χ3v) is 2.99. The Kier molecular flexibility index (Phi) is 0.868. The standard InChI is InChI=1S/C9H10N2O/c1-11-5-6-7(10-11)4-9(2-3-9)8(6)12/h5H,2-4H2,1H3. The fourth-order valence-electron chi connectivity index (χ4n) is 2.10. The van der Waals surface area contributed by atoms with Crippen LogP contribution in [-0.4, -0.2) is 15.6 Å². The van der Waals surface area contributed by atoms with Gasteiger partial charge < -0.3 is 0 Å². The van der Waals surface area contributed by atoms with Crippen molar-refractivity contribution in [2.75, 3.05) is 0 Å². The molecule has 2 aliphatic carbocycles. The number of aryl methyl sites for hydroxylation is 1. The highest BCUT2D eigenvalue weighted by atomic mass is 16.1. The molecule has 0 saturated heterocycles. The molecule has 12 heavy (non-hydrogen) atoms. The molecule has 0 N–H and O–H groups in total. The van der Waals surface area contributed by atoms with E-state index < -0.39 is 0 Å². The third-order valence-electron chi connectivity index (χ3n) is 2.99. The first-order chi connectivity index (χ1) is 5.71. The molecule has 0 unspecified atom stereocenters. The van der Waals surface area contributed by atoms with Crippen molar-refractivity contribution >= 4 is 5.78 Å². The number of nitrogens with zero attached hydrogens (tertiary/aromatic N) is 2. The second-order valence-corrected chi connectivity index (χ2v) is 3.95.